The predicted molar refractivity (Wildman–Crippen MR) is 95.0 cm³/mol. The summed E-state index contributed by atoms with van der Waals surface area (Å²) in [7, 11) is 1.69. The lowest BCUT2D eigenvalue weighted by Gasteiger charge is -2.14. The zero-order chi connectivity index (χ0) is 18.2. The highest BCUT2D eigenvalue weighted by Gasteiger charge is 2.25. The highest BCUT2D eigenvalue weighted by molar-refractivity contribution is 5.49. The molecule has 1 aromatic carbocycles. The van der Waals surface area contributed by atoms with Crippen LogP contribution in [0.3, 0.4) is 0 Å². The number of nitrogens with one attached hydrogen (secondary N) is 1. The normalized spacial score (nSPS) is 17.9. The molecule has 136 valence electrons. The molecule has 1 aliphatic heterocycles. The van der Waals surface area contributed by atoms with Crippen LogP contribution in [-0.2, 0) is 18.4 Å². The Balaban J connectivity index is 1.73. The van der Waals surface area contributed by atoms with E-state index in [2.05, 4.69) is 49.2 Å². The SMILES string of the molecule is COc1cc(CNC(C)c2nc(C(C)(C)C)no2)c2c(c1)CC(C)O2. The number of ether oxygens (including phenoxy) is 2. The lowest BCUT2D eigenvalue weighted by atomic mass is 9.96. The van der Waals surface area contributed by atoms with Crippen molar-refractivity contribution >= 4 is 0 Å². The van der Waals surface area contributed by atoms with E-state index in [9.17, 15) is 0 Å². The first-order chi connectivity index (χ1) is 11.8. The summed E-state index contributed by atoms with van der Waals surface area (Å²) in [5.41, 5.74) is 2.16. The first kappa shape index (κ1) is 17.7. The molecule has 1 aromatic heterocycles. The van der Waals surface area contributed by atoms with Gasteiger partial charge in [0.1, 0.15) is 17.6 Å². The van der Waals surface area contributed by atoms with E-state index in [0.29, 0.717) is 12.4 Å². The van der Waals surface area contributed by atoms with Gasteiger partial charge in [-0.1, -0.05) is 25.9 Å². The van der Waals surface area contributed by atoms with E-state index >= 15 is 0 Å². The van der Waals surface area contributed by atoms with Crippen LogP contribution in [0.25, 0.3) is 0 Å². The second kappa shape index (κ2) is 6.67. The molecule has 0 spiro atoms. The van der Waals surface area contributed by atoms with Gasteiger partial charge in [-0.15, -0.1) is 0 Å². The van der Waals surface area contributed by atoms with Crippen LogP contribution in [0.15, 0.2) is 16.7 Å². The summed E-state index contributed by atoms with van der Waals surface area (Å²) in [6.07, 6.45) is 1.11. The summed E-state index contributed by atoms with van der Waals surface area (Å²) in [5, 5.41) is 7.53. The molecule has 0 bridgehead atoms. The van der Waals surface area contributed by atoms with Gasteiger partial charge in [-0.2, -0.15) is 4.98 Å². The van der Waals surface area contributed by atoms with Crippen molar-refractivity contribution in [1.29, 1.82) is 0 Å². The fourth-order valence-electron chi connectivity index (χ4n) is 2.89. The maximum Gasteiger partial charge on any atom is 0.243 e. The standard InChI is InChI=1S/C19H27N3O3/c1-11-7-13-8-15(23-6)9-14(16(13)24-11)10-20-12(2)17-21-18(22-25-17)19(3,4)5/h8-9,11-12,20H,7,10H2,1-6H3. The van der Waals surface area contributed by atoms with Crippen LogP contribution >= 0.6 is 0 Å². The lowest BCUT2D eigenvalue weighted by Crippen LogP contribution is -2.20. The number of rotatable bonds is 5. The summed E-state index contributed by atoms with van der Waals surface area (Å²) in [5.74, 6) is 3.14. The van der Waals surface area contributed by atoms with Crippen LogP contribution in [0, 0.1) is 0 Å². The highest BCUT2D eigenvalue weighted by atomic mass is 16.5. The fraction of sp³-hybridized carbons (Fsp3) is 0.579. The Morgan fingerprint density at radius 2 is 2.12 bits per heavy atom. The Hall–Kier alpha value is -2.08. The summed E-state index contributed by atoms with van der Waals surface area (Å²) in [4.78, 5) is 4.52. The molecule has 3 rings (SSSR count). The van der Waals surface area contributed by atoms with Gasteiger partial charge in [-0.25, -0.2) is 0 Å². The minimum Gasteiger partial charge on any atom is -0.497 e. The lowest BCUT2D eigenvalue weighted by molar-refractivity contribution is 0.251. The third-order valence-electron chi connectivity index (χ3n) is 4.36. The highest BCUT2D eigenvalue weighted by Crippen LogP contribution is 2.36. The zero-order valence-electron chi connectivity index (χ0n) is 15.8. The van der Waals surface area contributed by atoms with E-state index in [1.54, 1.807) is 7.11 Å². The second-order valence-corrected chi connectivity index (χ2v) is 7.72. The Kier molecular flexibility index (Phi) is 4.73. The minimum atomic E-state index is -0.126. The first-order valence-corrected chi connectivity index (χ1v) is 8.72. The number of hydrogen-bond donors (Lipinski definition) is 1. The molecule has 2 atom stereocenters. The van der Waals surface area contributed by atoms with Gasteiger partial charge in [-0.3, -0.25) is 0 Å². The van der Waals surface area contributed by atoms with Crippen molar-refractivity contribution in [3.8, 4) is 11.5 Å². The van der Waals surface area contributed by atoms with Gasteiger partial charge in [0.2, 0.25) is 5.89 Å². The van der Waals surface area contributed by atoms with Crippen LogP contribution < -0.4 is 14.8 Å². The van der Waals surface area contributed by atoms with E-state index in [4.69, 9.17) is 14.0 Å². The number of nitrogens with zero attached hydrogens (tertiary/aromatic N) is 2. The van der Waals surface area contributed by atoms with Crippen LogP contribution in [0.5, 0.6) is 11.5 Å². The number of aromatic nitrogens is 2. The monoisotopic (exact) mass is 345 g/mol. The molecule has 0 saturated carbocycles. The average molecular weight is 345 g/mol. The molecule has 25 heavy (non-hydrogen) atoms. The second-order valence-electron chi connectivity index (χ2n) is 7.72. The topological polar surface area (TPSA) is 69.4 Å². The maximum absolute atomic E-state index is 5.98. The van der Waals surface area contributed by atoms with Gasteiger partial charge >= 0.3 is 0 Å². The van der Waals surface area contributed by atoms with E-state index in [1.807, 2.05) is 13.0 Å². The van der Waals surface area contributed by atoms with Gasteiger partial charge in [0.25, 0.3) is 0 Å². The molecule has 0 saturated heterocycles. The third-order valence-corrected chi connectivity index (χ3v) is 4.36. The van der Waals surface area contributed by atoms with Crippen LogP contribution in [-0.4, -0.2) is 23.4 Å². The Bertz CT molecular complexity index is 749. The number of methoxy groups -OCH3 is 1. The molecule has 1 aliphatic rings. The molecular weight excluding hydrogens is 318 g/mol. The molecule has 2 unspecified atom stereocenters. The molecule has 0 fully saturated rings. The summed E-state index contributed by atoms with van der Waals surface area (Å²) >= 11 is 0. The molecule has 0 radical (unpaired) electrons. The Labute approximate surface area is 148 Å². The van der Waals surface area contributed by atoms with E-state index < -0.39 is 0 Å². The fourth-order valence-corrected chi connectivity index (χ4v) is 2.89. The molecular formula is C19H27N3O3. The van der Waals surface area contributed by atoms with Gasteiger partial charge in [-0.05, 0) is 26.0 Å². The van der Waals surface area contributed by atoms with Crippen molar-refractivity contribution in [2.75, 3.05) is 7.11 Å². The Morgan fingerprint density at radius 1 is 1.36 bits per heavy atom. The molecule has 0 aliphatic carbocycles. The number of benzene rings is 1. The quantitative estimate of drug-likeness (QED) is 0.894. The largest absolute Gasteiger partial charge is 0.497 e. The maximum atomic E-state index is 5.98. The van der Waals surface area contributed by atoms with Gasteiger partial charge in [0, 0.05) is 29.5 Å². The van der Waals surface area contributed by atoms with Crippen LogP contribution in [0.4, 0.5) is 0 Å². The van der Waals surface area contributed by atoms with E-state index in [1.165, 1.54) is 5.56 Å². The van der Waals surface area contributed by atoms with Crippen LogP contribution in [0.2, 0.25) is 0 Å². The van der Waals surface area contributed by atoms with Crippen molar-refractivity contribution < 1.29 is 14.0 Å². The summed E-state index contributed by atoms with van der Waals surface area (Å²) < 4.78 is 16.8. The van der Waals surface area contributed by atoms with Crippen molar-refractivity contribution in [2.24, 2.45) is 0 Å². The summed E-state index contributed by atoms with van der Waals surface area (Å²) in [6.45, 7) is 10.9. The Morgan fingerprint density at radius 3 is 2.76 bits per heavy atom. The van der Waals surface area contributed by atoms with Gasteiger partial charge < -0.3 is 19.3 Å². The zero-order valence-corrected chi connectivity index (χ0v) is 15.8. The van der Waals surface area contributed by atoms with Crippen molar-refractivity contribution in [3.05, 3.63) is 35.0 Å². The number of hydrogen-bond acceptors (Lipinski definition) is 6. The van der Waals surface area contributed by atoms with E-state index in [0.717, 1.165) is 29.3 Å². The van der Waals surface area contributed by atoms with Gasteiger partial charge in [0.05, 0.1) is 13.2 Å². The first-order valence-electron chi connectivity index (χ1n) is 8.72. The predicted octanol–water partition coefficient (Wildman–Crippen LogP) is 3.55. The third kappa shape index (κ3) is 3.79. The molecule has 2 aromatic rings. The average Bonchev–Trinajstić information content (AvgIpc) is 3.17. The van der Waals surface area contributed by atoms with Crippen LogP contribution in [0.1, 0.15) is 63.5 Å². The van der Waals surface area contributed by atoms with Crippen molar-refractivity contribution in [1.82, 2.24) is 15.5 Å². The van der Waals surface area contributed by atoms with Gasteiger partial charge in [0.15, 0.2) is 5.82 Å². The van der Waals surface area contributed by atoms with Crippen molar-refractivity contribution in [3.63, 3.8) is 0 Å². The number of fused-ring (bicyclic) bond motifs is 1. The molecule has 1 N–H and O–H groups in total. The molecule has 2 heterocycles. The molecule has 0 amide bonds. The molecule has 6 heteroatoms. The summed E-state index contributed by atoms with van der Waals surface area (Å²) in [6, 6.07) is 4.02. The smallest absolute Gasteiger partial charge is 0.243 e. The van der Waals surface area contributed by atoms with E-state index in [-0.39, 0.29) is 17.6 Å². The van der Waals surface area contributed by atoms with Crippen molar-refractivity contribution in [2.45, 2.75) is 65.1 Å². The molecule has 6 nitrogen and oxygen atoms in total. The minimum absolute atomic E-state index is 0.0516.